The van der Waals surface area contributed by atoms with Gasteiger partial charge in [-0.3, -0.25) is 0 Å². The molecule has 0 N–H and O–H groups in total. The number of sulfone groups is 1. The van der Waals surface area contributed by atoms with Crippen molar-refractivity contribution in [2.45, 2.75) is 88.4 Å². The van der Waals surface area contributed by atoms with Crippen LogP contribution in [0.2, 0.25) is 18.1 Å². The van der Waals surface area contributed by atoms with Gasteiger partial charge in [-0.15, -0.1) is 0 Å². The zero-order valence-corrected chi connectivity index (χ0v) is 19.7. The van der Waals surface area contributed by atoms with Crippen LogP contribution < -0.4 is 0 Å². The topological polar surface area (TPSA) is 43.4 Å². The molecule has 2 fully saturated rings. The normalized spacial score (nSPS) is 30.6. The molecule has 2 saturated carbocycles. The van der Waals surface area contributed by atoms with Crippen LogP contribution in [0.3, 0.4) is 0 Å². The molecule has 0 saturated heterocycles. The molecular formula is C23H34O3SSi. The first-order valence-corrected chi connectivity index (χ1v) is 15.1. The first-order valence-electron chi connectivity index (χ1n) is 10.7. The van der Waals surface area contributed by atoms with Crippen molar-refractivity contribution < 1.29 is 12.8 Å². The molecule has 154 valence electrons. The van der Waals surface area contributed by atoms with Crippen LogP contribution in [0, 0.1) is 11.3 Å². The summed E-state index contributed by atoms with van der Waals surface area (Å²) in [6.45, 7) is 11.2. The molecule has 5 heteroatoms. The third-order valence-electron chi connectivity index (χ3n) is 8.03. The molecule has 3 unspecified atom stereocenters. The molecule has 0 bridgehead atoms. The summed E-state index contributed by atoms with van der Waals surface area (Å²) in [5, 5.41) is 0.0593. The van der Waals surface area contributed by atoms with Gasteiger partial charge in [-0.1, -0.05) is 45.4 Å². The van der Waals surface area contributed by atoms with Crippen molar-refractivity contribution in [2.75, 3.05) is 0 Å². The lowest BCUT2D eigenvalue weighted by atomic mass is 9.77. The second kappa shape index (κ2) is 6.54. The highest BCUT2D eigenvalue weighted by Crippen LogP contribution is 2.66. The van der Waals surface area contributed by atoms with E-state index in [9.17, 15) is 8.42 Å². The Kier molecular flexibility index (Phi) is 4.76. The van der Waals surface area contributed by atoms with Crippen LogP contribution >= 0.6 is 0 Å². The summed E-state index contributed by atoms with van der Waals surface area (Å²) in [7, 11) is -5.61. The molecule has 0 aliphatic heterocycles. The number of hydrogen-bond acceptors (Lipinski definition) is 3. The van der Waals surface area contributed by atoms with Crippen LogP contribution in [0.15, 0.2) is 45.7 Å². The third-order valence-corrected chi connectivity index (χ3v) is 14.5. The largest absolute Gasteiger partial charge is 0.409 e. The molecular weight excluding hydrogens is 384 g/mol. The smallest absolute Gasteiger partial charge is 0.205 e. The lowest BCUT2D eigenvalue weighted by molar-refractivity contribution is 0.162. The van der Waals surface area contributed by atoms with Crippen LogP contribution in [0.5, 0.6) is 0 Å². The van der Waals surface area contributed by atoms with Gasteiger partial charge >= 0.3 is 0 Å². The molecule has 3 atom stereocenters. The highest BCUT2D eigenvalue weighted by Gasteiger charge is 2.59. The number of hydrogen-bond donors (Lipinski definition) is 0. The van der Waals surface area contributed by atoms with E-state index >= 15 is 0 Å². The Bertz CT molecular complexity index is 896. The minimum absolute atomic E-state index is 0.0593. The maximum Gasteiger partial charge on any atom is 0.205 e. The summed E-state index contributed by atoms with van der Waals surface area (Å²) in [4.78, 5) is 1.05. The molecule has 0 heterocycles. The summed E-state index contributed by atoms with van der Waals surface area (Å²) in [6, 6.07) is 8.98. The van der Waals surface area contributed by atoms with Gasteiger partial charge in [-0.05, 0) is 79.3 Å². The van der Waals surface area contributed by atoms with E-state index in [4.69, 9.17) is 4.43 Å². The standard InChI is InChI=1S/C23H34O3SSi/c1-22(2,3)28(4,5)26-20-16-23-15-9-10-17(23)13-14-19(23)21(20)27(24,25)18-11-7-6-8-12-18/h6-8,11-12,17,20H,9-10,13-16H2,1-5H3. The fourth-order valence-corrected chi connectivity index (χ4v) is 8.83. The summed E-state index contributed by atoms with van der Waals surface area (Å²) >= 11 is 0. The van der Waals surface area contributed by atoms with E-state index in [1.807, 2.05) is 18.2 Å². The molecule has 3 aliphatic rings. The lowest BCUT2D eigenvalue weighted by Crippen LogP contribution is -2.45. The summed E-state index contributed by atoms with van der Waals surface area (Å²) in [5.41, 5.74) is 1.31. The van der Waals surface area contributed by atoms with Gasteiger partial charge in [0.1, 0.15) is 0 Å². The van der Waals surface area contributed by atoms with Crippen molar-refractivity contribution in [2.24, 2.45) is 11.3 Å². The lowest BCUT2D eigenvalue weighted by Gasteiger charge is -2.39. The average molecular weight is 419 g/mol. The zero-order valence-electron chi connectivity index (χ0n) is 17.9. The van der Waals surface area contributed by atoms with Crippen molar-refractivity contribution in [3.05, 3.63) is 40.8 Å². The van der Waals surface area contributed by atoms with Gasteiger partial charge in [0.25, 0.3) is 0 Å². The van der Waals surface area contributed by atoms with E-state index in [0.29, 0.717) is 15.7 Å². The van der Waals surface area contributed by atoms with Crippen LogP contribution in [0.1, 0.15) is 59.3 Å². The molecule has 28 heavy (non-hydrogen) atoms. The van der Waals surface area contributed by atoms with E-state index in [-0.39, 0.29) is 16.6 Å². The van der Waals surface area contributed by atoms with Gasteiger partial charge in [0, 0.05) is 0 Å². The van der Waals surface area contributed by atoms with Crippen LogP contribution in [0.25, 0.3) is 0 Å². The molecule has 0 amide bonds. The Labute approximate surface area is 171 Å². The monoisotopic (exact) mass is 418 g/mol. The summed E-state index contributed by atoms with van der Waals surface area (Å²) in [6.07, 6.45) is 6.29. The average Bonchev–Trinajstić information content (AvgIpc) is 3.22. The van der Waals surface area contributed by atoms with Crippen molar-refractivity contribution in [1.82, 2.24) is 0 Å². The quantitative estimate of drug-likeness (QED) is 0.556. The molecule has 4 rings (SSSR count). The molecule has 1 aromatic carbocycles. The summed E-state index contributed by atoms with van der Waals surface area (Å²) in [5.74, 6) is 0.650. The predicted octanol–water partition coefficient (Wildman–Crippen LogP) is 6.09. The zero-order chi connectivity index (χ0) is 20.4. The highest BCUT2D eigenvalue weighted by molar-refractivity contribution is 7.95. The maximum absolute atomic E-state index is 13.8. The number of benzene rings is 1. The Morgan fingerprint density at radius 2 is 1.79 bits per heavy atom. The highest BCUT2D eigenvalue weighted by atomic mass is 32.2. The first kappa shape index (κ1) is 20.4. The van der Waals surface area contributed by atoms with E-state index in [1.54, 1.807) is 12.1 Å². The second-order valence-electron chi connectivity index (χ2n) is 10.5. The maximum atomic E-state index is 13.8. The molecule has 3 aliphatic carbocycles. The van der Waals surface area contributed by atoms with Crippen molar-refractivity contribution in [1.29, 1.82) is 0 Å². The van der Waals surface area contributed by atoms with Crippen LogP contribution in [-0.4, -0.2) is 22.8 Å². The Morgan fingerprint density at radius 1 is 1.11 bits per heavy atom. The summed E-state index contributed by atoms with van der Waals surface area (Å²) < 4.78 is 34.4. The van der Waals surface area contributed by atoms with E-state index in [0.717, 1.165) is 25.7 Å². The minimum Gasteiger partial charge on any atom is -0.409 e. The van der Waals surface area contributed by atoms with Crippen molar-refractivity contribution in [3.63, 3.8) is 0 Å². The SMILES string of the molecule is CC(C)(C)[Si](C)(C)OC1CC23CCCC2CCC3=C1S(=O)(=O)c1ccccc1. The fraction of sp³-hybridized carbons (Fsp3) is 0.652. The predicted molar refractivity (Wildman–Crippen MR) is 116 cm³/mol. The molecule has 3 nitrogen and oxygen atoms in total. The van der Waals surface area contributed by atoms with Crippen LogP contribution in [0.4, 0.5) is 0 Å². The van der Waals surface area contributed by atoms with E-state index in [2.05, 4.69) is 33.9 Å². The van der Waals surface area contributed by atoms with Gasteiger partial charge in [0.05, 0.1) is 15.9 Å². The van der Waals surface area contributed by atoms with E-state index < -0.39 is 18.2 Å². The Hall–Kier alpha value is -0.913. The second-order valence-corrected chi connectivity index (χ2v) is 17.2. The van der Waals surface area contributed by atoms with Gasteiger partial charge in [0.2, 0.25) is 9.84 Å². The van der Waals surface area contributed by atoms with Gasteiger partial charge in [-0.25, -0.2) is 8.42 Å². The third kappa shape index (κ3) is 2.96. The van der Waals surface area contributed by atoms with Gasteiger partial charge < -0.3 is 4.43 Å². The number of allylic oxidation sites excluding steroid dienone is 1. The minimum atomic E-state index is -3.53. The van der Waals surface area contributed by atoms with Gasteiger partial charge in [-0.2, -0.15) is 0 Å². The fourth-order valence-electron chi connectivity index (χ4n) is 5.60. The Morgan fingerprint density at radius 3 is 2.43 bits per heavy atom. The first-order chi connectivity index (χ1) is 13.0. The van der Waals surface area contributed by atoms with Gasteiger partial charge in [0.15, 0.2) is 8.32 Å². The van der Waals surface area contributed by atoms with E-state index in [1.165, 1.54) is 18.4 Å². The molecule has 0 aromatic heterocycles. The molecule has 1 spiro atoms. The molecule has 1 aromatic rings. The number of rotatable bonds is 4. The van der Waals surface area contributed by atoms with Crippen molar-refractivity contribution in [3.8, 4) is 0 Å². The van der Waals surface area contributed by atoms with Crippen LogP contribution in [-0.2, 0) is 14.3 Å². The molecule has 0 radical (unpaired) electrons. The van der Waals surface area contributed by atoms with Crippen molar-refractivity contribution >= 4 is 18.2 Å². The Balaban J connectivity index is 1.83.